The smallest absolute Gasteiger partial charge is 0.269 e. The van der Waals surface area contributed by atoms with Crippen LogP contribution in [0.25, 0.3) is 0 Å². The zero-order valence-electron chi connectivity index (χ0n) is 9.72. The number of hydrogen-bond acceptors (Lipinski definition) is 7. The van der Waals surface area contributed by atoms with Crippen molar-refractivity contribution in [3.63, 3.8) is 0 Å². The summed E-state index contributed by atoms with van der Waals surface area (Å²) in [6.07, 6.45) is 0. The standard InChI is InChI=1S/C10H8N4O3S2/c1-13-9(15)8(19-10(13)18)12-11-6-2-4-7(5-3-6)14(16)17/h2-5,8H,1H3/b12-11+. The van der Waals surface area contributed by atoms with Crippen LogP contribution in [0, 0.1) is 10.1 Å². The monoisotopic (exact) mass is 296 g/mol. The lowest BCUT2D eigenvalue weighted by Crippen LogP contribution is -2.26. The van der Waals surface area contributed by atoms with Gasteiger partial charge in [-0.05, 0) is 12.1 Å². The van der Waals surface area contributed by atoms with E-state index in [0.29, 0.717) is 10.0 Å². The number of likely N-dealkylation sites (N-methyl/N-ethyl adjacent to an activating group) is 1. The van der Waals surface area contributed by atoms with E-state index in [1.165, 1.54) is 29.2 Å². The van der Waals surface area contributed by atoms with Gasteiger partial charge in [-0.3, -0.25) is 19.8 Å². The van der Waals surface area contributed by atoms with Crippen LogP contribution in [0.5, 0.6) is 0 Å². The van der Waals surface area contributed by atoms with Crippen molar-refractivity contribution in [2.24, 2.45) is 10.2 Å². The lowest BCUT2D eigenvalue weighted by Gasteiger charge is -2.04. The number of carbonyl (C=O) groups excluding carboxylic acids is 1. The van der Waals surface area contributed by atoms with Crippen molar-refractivity contribution in [2.75, 3.05) is 7.05 Å². The van der Waals surface area contributed by atoms with Crippen LogP contribution in [-0.2, 0) is 4.79 Å². The first-order chi connectivity index (χ1) is 8.99. The number of nitrogens with zero attached hydrogens (tertiary/aromatic N) is 4. The van der Waals surface area contributed by atoms with Gasteiger partial charge in [0, 0.05) is 19.2 Å². The minimum Gasteiger partial charge on any atom is -0.298 e. The number of hydrogen-bond donors (Lipinski definition) is 0. The number of nitro groups is 1. The topological polar surface area (TPSA) is 88.2 Å². The highest BCUT2D eigenvalue weighted by molar-refractivity contribution is 8.24. The molecule has 1 aliphatic rings. The zero-order chi connectivity index (χ0) is 14.0. The molecule has 0 saturated carbocycles. The maximum Gasteiger partial charge on any atom is 0.269 e. The highest BCUT2D eigenvalue weighted by Crippen LogP contribution is 2.28. The molecule has 2 rings (SSSR count). The Bertz CT molecular complexity index is 573. The highest BCUT2D eigenvalue weighted by Gasteiger charge is 2.34. The number of rotatable bonds is 3. The summed E-state index contributed by atoms with van der Waals surface area (Å²) < 4.78 is 0.456. The van der Waals surface area contributed by atoms with E-state index in [0.717, 1.165) is 11.8 Å². The SMILES string of the molecule is CN1C(=O)C(/N=N/c2ccc([N+](=O)[O-])cc2)SC1=S. The fourth-order valence-corrected chi connectivity index (χ4v) is 2.47. The molecule has 7 nitrogen and oxygen atoms in total. The number of thiocarbonyl (C=S) groups is 1. The van der Waals surface area contributed by atoms with Crippen LogP contribution in [0.3, 0.4) is 0 Å². The van der Waals surface area contributed by atoms with Gasteiger partial charge in [0.2, 0.25) is 5.37 Å². The number of azo groups is 1. The molecule has 9 heteroatoms. The largest absolute Gasteiger partial charge is 0.298 e. The molecule has 1 unspecified atom stereocenters. The first kappa shape index (κ1) is 13.6. The number of thioether (sulfide) groups is 1. The third-order valence-electron chi connectivity index (χ3n) is 2.37. The molecular formula is C10H8N4O3S2. The van der Waals surface area contributed by atoms with Gasteiger partial charge in [-0.1, -0.05) is 24.0 Å². The fourth-order valence-electron chi connectivity index (χ4n) is 1.31. The van der Waals surface area contributed by atoms with E-state index in [-0.39, 0.29) is 11.6 Å². The summed E-state index contributed by atoms with van der Waals surface area (Å²) in [7, 11) is 1.58. The quantitative estimate of drug-likeness (QED) is 0.370. The minimum absolute atomic E-state index is 0.0221. The van der Waals surface area contributed by atoms with Crippen molar-refractivity contribution in [2.45, 2.75) is 5.37 Å². The first-order valence-electron chi connectivity index (χ1n) is 5.12. The lowest BCUT2D eigenvalue weighted by molar-refractivity contribution is -0.384. The van der Waals surface area contributed by atoms with Crippen molar-refractivity contribution in [3.05, 3.63) is 34.4 Å². The molecule has 1 amide bonds. The minimum atomic E-state index is -0.673. The molecule has 1 saturated heterocycles. The second-order valence-electron chi connectivity index (χ2n) is 3.62. The molecule has 0 aliphatic carbocycles. The number of benzene rings is 1. The lowest BCUT2D eigenvalue weighted by atomic mass is 10.3. The molecule has 0 spiro atoms. The fraction of sp³-hybridized carbons (Fsp3) is 0.200. The summed E-state index contributed by atoms with van der Waals surface area (Å²) in [5.41, 5.74) is 0.422. The normalized spacial score (nSPS) is 19.4. The molecule has 1 fully saturated rings. The van der Waals surface area contributed by atoms with Gasteiger partial charge in [0.15, 0.2) is 0 Å². The van der Waals surface area contributed by atoms with Crippen LogP contribution in [0.1, 0.15) is 0 Å². The third-order valence-corrected chi connectivity index (χ3v) is 3.92. The van der Waals surface area contributed by atoms with Gasteiger partial charge in [0.1, 0.15) is 4.32 Å². The number of amides is 1. The van der Waals surface area contributed by atoms with Crippen LogP contribution >= 0.6 is 24.0 Å². The van der Waals surface area contributed by atoms with E-state index < -0.39 is 10.3 Å². The van der Waals surface area contributed by atoms with Gasteiger partial charge >= 0.3 is 0 Å². The molecule has 1 heterocycles. The molecular weight excluding hydrogens is 288 g/mol. The molecule has 19 heavy (non-hydrogen) atoms. The van der Waals surface area contributed by atoms with Gasteiger partial charge in [-0.15, -0.1) is 0 Å². The van der Waals surface area contributed by atoms with Crippen molar-refractivity contribution in [3.8, 4) is 0 Å². The number of nitro benzene ring substituents is 1. The third kappa shape index (κ3) is 2.93. The Balaban J connectivity index is 2.09. The molecule has 1 aromatic rings. The average Bonchev–Trinajstić information content (AvgIpc) is 2.64. The molecule has 1 aromatic carbocycles. The maximum atomic E-state index is 11.7. The summed E-state index contributed by atoms with van der Waals surface area (Å²) in [6, 6.07) is 5.59. The van der Waals surface area contributed by atoms with Crippen LogP contribution < -0.4 is 0 Å². The molecule has 0 bridgehead atoms. The molecule has 1 atom stereocenters. The van der Waals surface area contributed by atoms with Gasteiger partial charge in [-0.2, -0.15) is 10.2 Å². The van der Waals surface area contributed by atoms with E-state index >= 15 is 0 Å². The van der Waals surface area contributed by atoms with E-state index in [9.17, 15) is 14.9 Å². The van der Waals surface area contributed by atoms with Crippen LogP contribution in [0.15, 0.2) is 34.5 Å². The Morgan fingerprint density at radius 3 is 2.53 bits per heavy atom. The van der Waals surface area contributed by atoms with E-state index in [4.69, 9.17) is 12.2 Å². The van der Waals surface area contributed by atoms with Crippen LogP contribution in [0.4, 0.5) is 11.4 Å². The van der Waals surface area contributed by atoms with Gasteiger partial charge < -0.3 is 0 Å². The van der Waals surface area contributed by atoms with Crippen molar-refractivity contribution in [1.29, 1.82) is 0 Å². The highest BCUT2D eigenvalue weighted by atomic mass is 32.2. The van der Waals surface area contributed by atoms with E-state index in [2.05, 4.69) is 10.2 Å². The van der Waals surface area contributed by atoms with Crippen molar-refractivity contribution >= 4 is 45.6 Å². The first-order valence-corrected chi connectivity index (χ1v) is 6.41. The summed E-state index contributed by atoms with van der Waals surface area (Å²) in [5, 5.41) is 17.6. The van der Waals surface area contributed by atoms with Crippen LogP contribution in [-0.4, -0.2) is 32.5 Å². The number of non-ortho nitro benzene ring substituents is 1. The predicted molar refractivity (Wildman–Crippen MR) is 74.4 cm³/mol. The van der Waals surface area contributed by atoms with Gasteiger partial charge in [0.25, 0.3) is 11.6 Å². The second-order valence-corrected chi connectivity index (χ2v) is 5.34. The number of carbonyl (C=O) groups is 1. The van der Waals surface area contributed by atoms with Gasteiger partial charge in [0.05, 0.1) is 10.6 Å². The second kappa shape index (κ2) is 5.41. The summed E-state index contributed by atoms with van der Waals surface area (Å²) in [4.78, 5) is 23.0. The van der Waals surface area contributed by atoms with Gasteiger partial charge in [-0.25, -0.2) is 0 Å². The maximum absolute atomic E-state index is 11.7. The van der Waals surface area contributed by atoms with Crippen LogP contribution in [0.2, 0.25) is 0 Å². The average molecular weight is 296 g/mol. The predicted octanol–water partition coefficient (Wildman–Crippen LogP) is 2.49. The molecule has 0 N–H and O–H groups in total. The Kier molecular flexibility index (Phi) is 3.86. The van der Waals surface area contributed by atoms with Crippen molar-refractivity contribution in [1.82, 2.24) is 4.90 Å². The zero-order valence-corrected chi connectivity index (χ0v) is 11.3. The van der Waals surface area contributed by atoms with E-state index in [1.807, 2.05) is 0 Å². The summed E-state index contributed by atoms with van der Waals surface area (Å²) in [6.45, 7) is 0. The van der Waals surface area contributed by atoms with Crippen molar-refractivity contribution < 1.29 is 9.72 Å². The molecule has 98 valence electrons. The Morgan fingerprint density at radius 1 is 1.42 bits per heavy atom. The Hall–Kier alpha value is -1.87. The van der Waals surface area contributed by atoms with E-state index in [1.54, 1.807) is 7.05 Å². The Labute approximate surface area is 117 Å². The molecule has 0 radical (unpaired) electrons. The summed E-state index contributed by atoms with van der Waals surface area (Å²) in [5.74, 6) is -0.222. The Morgan fingerprint density at radius 2 is 2.05 bits per heavy atom. The molecule has 0 aromatic heterocycles. The summed E-state index contributed by atoms with van der Waals surface area (Å²) >= 11 is 6.11. The molecule has 1 aliphatic heterocycles.